The summed E-state index contributed by atoms with van der Waals surface area (Å²) in [4.78, 5) is 14.1. The normalized spacial score (nSPS) is 24.3. The number of nitrogens with zero attached hydrogens (tertiary/aromatic N) is 2. The standard InChI is InChI=1S/C21H19NO2.C16H22NO2/c1-21(2)16-5-3-4-6-17(16)22-10-9-18-15(20(21)22)11-13-7-8-14(23)12-19(13)24-18;1-12-16(2,3)13-6-4-5-7-14(13)17(12)9-8-15-18-10-11-19-15/h3-8,11-12,18H,9-10H2,1-2H3;4-7,15H,8-11H2,1-3H3/q;+1. The summed E-state index contributed by atoms with van der Waals surface area (Å²) in [5, 5.41) is 0. The zero-order chi connectivity index (χ0) is 29.9. The van der Waals surface area contributed by atoms with Crippen LogP contribution in [0.25, 0.3) is 0 Å². The smallest absolute Gasteiger partial charge is 0.209 e. The van der Waals surface area contributed by atoms with Crippen LogP contribution in [0.5, 0.6) is 0 Å². The maximum absolute atomic E-state index is 11.6. The average molecular weight is 578 g/mol. The van der Waals surface area contributed by atoms with Crippen molar-refractivity contribution in [2.24, 2.45) is 0 Å². The Kier molecular flexibility index (Phi) is 6.82. The summed E-state index contributed by atoms with van der Waals surface area (Å²) >= 11 is 0. The van der Waals surface area contributed by atoms with Crippen LogP contribution in [-0.2, 0) is 29.8 Å². The topological polar surface area (TPSA) is 51.0 Å². The number of fused-ring (bicyclic) bond motifs is 6. The quantitative estimate of drug-likeness (QED) is 0.383. The molecule has 2 aromatic rings. The van der Waals surface area contributed by atoms with Crippen LogP contribution >= 0.6 is 0 Å². The van der Waals surface area contributed by atoms with Crippen LogP contribution in [0.3, 0.4) is 0 Å². The molecule has 1 unspecified atom stereocenters. The van der Waals surface area contributed by atoms with Gasteiger partial charge in [-0.1, -0.05) is 50.2 Å². The van der Waals surface area contributed by atoms with Crippen LogP contribution in [0.4, 0.5) is 11.4 Å². The number of carbonyl (C=O) groups excluding carboxylic acids is 1. The second-order valence-electron chi connectivity index (χ2n) is 13.2. The van der Waals surface area contributed by atoms with Gasteiger partial charge in [-0.25, -0.2) is 0 Å². The zero-order valence-electron chi connectivity index (χ0n) is 25.9. The van der Waals surface area contributed by atoms with E-state index in [9.17, 15) is 4.79 Å². The number of anilines is 1. The summed E-state index contributed by atoms with van der Waals surface area (Å²) in [5.41, 5.74) is 10.5. The summed E-state index contributed by atoms with van der Waals surface area (Å²) in [7, 11) is 0. The molecule has 0 bridgehead atoms. The number of hydrogen-bond acceptors (Lipinski definition) is 5. The third-order valence-electron chi connectivity index (χ3n) is 9.99. The van der Waals surface area contributed by atoms with Gasteiger partial charge in [0.05, 0.1) is 25.0 Å². The van der Waals surface area contributed by atoms with Crippen molar-refractivity contribution in [2.75, 3.05) is 31.2 Å². The molecule has 1 fully saturated rings. The molecular formula is C37H41N2O4+. The van der Waals surface area contributed by atoms with E-state index in [4.69, 9.17) is 14.2 Å². The van der Waals surface area contributed by atoms with Crippen LogP contribution in [0.1, 0.15) is 58.6 Å². The summed E-state index contributed by atoms with van der Waals surface area (Å²) in [5.74, 6) is 0.725. The molecule has 0 N–H and O–H groups in total. The van der Waals surface area contributed by atoms with Gasteiger partial charge in [-0.2, -0.15) is 4.58 Å². The van der Waals surface area contributed by atoms with Crippen LogP contribution < -0.4 is 4.90 Å². The lowest BCUT2D eigenvalue weighted by Crippen LogP contribution is -2.39. The van der Waals surface area contributed by atoms with Crippen molar-refractivity contribution < 1.29 is 23.6 Å². The summed E-state index contributed by atoms with van der Waals surface area (Å²) < 4.78 is 19.7. The Morgan fingerprint density at radius 2 is 1.63 bits per heavy atom. The fourth-order valence-electron chi connectivity index (χ4n) is 7.51. The largest absolute Gasteiger partial charge is 0.485 e. The van der Waals surface area contributed by atoms with E-state index in [1.807, 2.05) is 6.08 Å². The molecule has 5 aliphatic heterocycles. The number of hydrogen-bond donors (Lipinski definition) is 0. The molecule has 0 amide bonds. The number of para-hydroxylation sites is 2. The molecule has 2 aromatic carbocycles. The lowest BCUT2D eigenvalue weighted by molar-refractivity contribution is -0.443. The molecule has 0 spiro atoms. The first-order valence-corrected chi connectivity index (χ1v) is 15.5. The number of benzene rings is 2. The van der Waals surface area contributed by atoms with Crippen molar-refractivity contribution in [1.29, 1.82) is 0 Å². The Morgan fingerprint density at radius 1 is 0.907 bits per heavy atom. The molecule has 1 aliphatic carbocycles. The van der Waals surface area contributed by atoms with Gasteiger partial charge >= 0.3 is 0 Å². The van der Waals surface area contributed by atoms with Crippen molar-refractivity contribution >= 4 is 22.9 Å². The third-order valence-corrected chi connectivity index (χ3v) is 9.99. The second kappa shape index (κ2) is 10.5. The molecule has 0 saturated carbocycles. The highest BCUT2D eigenvalue weighted by molar-refractivity contribution is 6.02. The monoisotopic (exact) mass is 577 g/mol. The van der Waals surface area contributed by atoms with Crippen LogP contribution in [-0.4, -0.2) is 54.8 Å². The molecule has 6 nitrogen and oxygen atoms in total. The van der Waals surface area contributed by atoms with Crippen molar-refractivity contribution in [3.63, 3.8) is 0 Å². The van der Waals surface area contributed by atoms with E-state index in [1.165, 1.54) is 39.5 Å². The first kappa shape index (κ1) is 28.1. The lowest BCUT2D eigenvalue weighted by atomic mass is 9.79. The van der Waals surface area contributed by atoms with Gasteiger partial charge in [0, 0.05) is 65.5 Å². The molecular weight excluding hydrogens is 536 g/mol. The Bertz CT molecular complexity index is 1650. The van der Waals surface area contributed by atoms with E-state index in [2.05, 4.69) is 98.7 Å². The average Bonchev–Trinajstić information content (AvgIpc) is 3.66. The molecule has 0 radical (unpaired) electrons. The van der Waals surface area contributed by atoms with E-state index >= 15 is 0 Å². The lowest BCUT2D eigenvalue weighted by Gasteiger charge is -2.40. The summed E-state index contributed by atoms with van der Waals surface area (Å²) in [6, 6.07) is 17.4. The molecule has 6 aliphatic rings. The van der Waals surface area contributed by atoms with E-state index in [0.717, 1.165) is 50.5 Å². The minimum Gasteiger partial charge on any atom is -0.485 e. The molecule has 5 heterocycles. The highest BCUT2D eigenvalue weighted by Gasteiger charge is 2.46. The Labute approximate surface area is 254 Å². The van der Waals surface area contributed by atoms with Crippen LogP contribution in [0, 0.1) is 0 Å². The molecule has 43 heavy (non-hydrogen) atoms. The van der Waals surface area contributed by atoms with Gasteiger partial charge in [0.15, 0.2) is 24.3 Å². The van der Waals surface area contributed by atoms with Crippen molar-refractivity contribution in [3.8, 4) is 0 Å². The van der Waals surface area contributed by atoms with Gasteiger partial charge in [0.1, 0.15) is 11.9 Å². The van der Waals surface area contributed by atoms with Crippen molar-refractivity contribution in [3.05, 3.63) is 107 Å². The molecule has 1 atom stereocenters. The molecule has 222 valence electrons. The SMILES string of the molecule is CC1(C)C2=C3C=C4C=CC(=O)C=C4OC3CCN2c2ccccc21.CC1=[N+](CCC2OCCO2)c2ccccc2C1(C)C. The first-order valence-electron chi connectivity index (χ1n) is 15.5. The van der Waals surface area contributed by atoms with Crippen LogP contribution in [0.15, 0.2) is 95.4 Å². The van der Waals surface area contributed by atoms with Gasteiger partial charge in [-0.15, -0.1) is 0 Å². The van der Waals surface area contributed by atoms with Gasteiger partial charge < -0.3 is 19.1 Å². The molecule has 6 heteroatoms. The highest BCUT2D eigenvalue weighted by atomic mass is 16.7. The third kappa shape index (κ3) is 4.63. The highest BCUT2D eigenvalue weighted by Crippen LogP contribution is 2.52. The Hall–Kier alpha value is -3.74. The zero-order valence-corrected chi connectivity index (χ0v) is 25.9. The first-order chi connectivity index (χ1) is 20.7. The molecule has 8 rings (SSSR count). The minimum atomic E-state index is -0.0412. The second-order valence-corrected chi connectivity index (χ2v) is 13.2. The minimum absolute atomic E-state index is 0.00397. The number of ether oxygens (including phenoxy) is 3. The summed E-state index contributed by atoms with van der Waals surface area (Å²) in [6.45, 7) is 14.8. The number of allylic oxidation sites excluding steroid dienone is 4. The fraction of sp³-hybridized carbons (Fsp3) is 0.405. The van der Waals surface area contributed by atoms with Crippen molar-refractivity contribution in [2.45, 2.75) is 70.7 Å². The van der Waals surface area contributed by atoms with E-state index in [0.29, 0.717) is 0 Å². The predicted molar refractivity (Wildman–Crippen MR) is 169 cm³/mol. The Morgan fingerprint density at radius 3 is 2.42 bits per heavy atom. The maximum Gasteiger partial charge on any atom is 0.209 e. The van der Waals surface area contributed by atoms with Gasteiger partial charge in [0.25, 0.3) is 0 Å². The predicted octanol–water partition coefficient (Wildman–Crippen LogP) is 6.64. The van der Waals surface area contributed by atoms with E-state index in [1.54, 1.807) is 12.2 Å². The fourth-order valence-corrected chi connectivity index (χ4v) is 7.51. The number of ketones is 1. The molecule has 0 aromatic heterocycles. The molecule has 1 saturated heterocycles. The maximum atomic E-state index is 11.6. The number of carbonyl (C=O) groups is 1. The summed E-state index contributed by atoms with van der Waals surface area (Å²) in [6.07, 6.45) is 9.17. The van der Waals surface area contributed by atoms with E-state index < -0.39 is 0 Å². The van der Waals surface area contributed by atoms with Crippen LogP contribution in [0.2, 0.25) is 0 Å². The number of rotatable bonds is 3. The van der Waals surface area contributed by atoms with Gasteiger partial charge in [0.2, 0.25) is 5.69 Å². The van der Waals surface area contributed by atoms with Gasteiger partial charge in [-0.05, 0) is 43.7 Å². The van der Waals surface area contributed by atoms with Crippen molar-refractivity contribution in [1.82, 2.24) is 0 Å². The van der Waals surface area contributed by atoms with Gasteiger partial charge in [-0.3, -0.25) is 4.79 Å². The van der Waals surface area contributed by atoms with E-state index in [-0.39, 0.29) is 29.0 Å². The Balaban J connectivity index is 0.000000144.